The lowest BCUT2D eigenvalue weighted by molar-refractivity contribution is -0.119. The van der Waals surface area contributed by atoms with Gasteiger partial charge in [0.2, 0.25) is 5.91 Å². The van der Waals surface area contributed by atoms with E-state index in [9.17, 15) is 4.79 Å². The molecule has 21 heavy (non-hydrogen) atoms. The highest BCUT2D eigenvalue weighted by Gasteiger charge is 2.13. The fourth-order valence-corrected chi connectivity index (χ4v) is 1.83. The van der Waals surface area contributed by atoms with Crippen molar-refractivity contribution in [3.05, 3.63) is 54.1 Å². The molecule has 0 aliphatic heterocycles. The van der Waals surface area contributed by atoms with Gasteiger partial charge in [-0.1, -0.05) is 43.7 Å². The van der Waals surface area contributed by atoms with E-state index in [0.29, 0.717) is 11.4 Å². The number of carbonyl (C=O) groups excluding carboxylic acids is 1. The molecule has 0 aromatic heterocycles. The molecule has 0 heterocycles. The third-order valence-corrected chi connectivity index (χ3v) is 3.45. The van der Waals surface area contributed by atoms with Crippen molar-refractivity contribution in [2.24, 2.45) is 5.92 Å². The molecule has 0 unspecified atom stereocenters. The van der Waals surface area contributed by atoms with E-state index in [1.54, 1.807) is 0 Å². The number of hydrogen-bond acceptors (Lipinski definition) is 2. The summed E-state index contributed by atoms with van der Waals surface area (Å²) in [5, 5.41) is 2.93. The standard InChI is InChI=1S/C18H21NO2/c1-4-14(3)18(20)19-16-7-5-6-8-17(16)21-15-11-9-13(2)10-12-15/h5-12,14H,4H2,1-3H3,(H,19,20)/t14-/m1/s1. The summed E-state index contributed by atoms with van der Waals surface area (Å²) in [4.78, 5) is 12.0. The van der Waals surface area contributed by atoms with Crippen molar-refractivity contribution in [3.8, 4) is 11.5 Å². The predicted molar refractivity (Wildman–Crippen MR) is 85.8 cm³/mol. The fraction of sp³-hybridized carbons (Fsp3) is 0.278. The first-order valence-electron chi connectivity index (χ1n) is 7.24. The van der Waals surface area contributed by atoms with E-state index in [0.717, 1.165) is 12.2 Å². The minimum atomic E-state index is -0.0163. The van der Waals surface area contributed by atoms with E-state index in [-0.39, 0.29) is 11.8 Å². The number of para-hydroxylation sites is 2. The van der Waals surface area contributed by atoms with Crippen molar-refractivity contribution in [3.63, 3.8) is 0 Å². The number of benzene rings is 2. The molecule has 2 aromatic carbocycles. The van der Waals surface area contributed by atoms with Crippen LogP contribution in [0.4, 0.5) is 5.69 Å². The molecule has 110 valence electrons. The largest absolute Gasteiger partial charge is 0.455 e. The van der Waals surface area contributed by atoms with Crippen LogP contribution in [0.5, 0.6) is 11.5 Å². The maximum Gasteiger partial charge on any atom is 0.227 e. The van der Waals surface area contributed by atoms with Crippen molar-refractivity contribution in [2.75, 3.05) is 5.32 Å². The molecule has 0 bridgehead atoms. The van der Waals surface area contributed by atoms with Crippen LogP contribution in [0.25, 0.3) is 0 Å². The number of aryl methyl sites for hydroxylation is 1. The van der Waals surface area contributed by atoms with Gasteiger partial charge in [0.1, 0.15) is 5.75 Å². The molecule has 0 fully saturated rings. The summed E-state index contributed by atoms with van der Waals surface area (Å²) in [7, 11) is 0. The Morgan fingerprint density at radius 3 is 2.48 bits per heavy atom. The maximum atomic E-state index is 12.0. The van der Waals surface area contributed by atoms with Crippen LogP contribution in [-0.2, 0) is 4.79 Å². The van der Waals surface area contributed by atoms with Gasteiger partial charge in [-0.05, 0) is 37.6 Å². The molecule has 1 atom stereocenters. The van der Waals surface area contributed by atoms with Crippen LogP contribution >= 0.6 is 0 Å². The van der Waals surface area contributed by atoms with Gasteiger partial charge in [0.15, 0.2) is 5.75 Å². The van der Waals surface area contributed by atoms with Gasteiger partial charge in [0.05, 0.1) is 5.69 Å². The van der Waals surface area contributed by atoms with Crippen molar-refractivity contribution in [1.29, 1.82) is 0 Å². The van der Waals surface area contributed by atoms with Gasteiger partial charge in [-0.3, -0.25) is 4.79 Å². The average molecular weight is 283 g/mol. The lowest BCUT2D eigenvalue weighted by Crippen LogP contribution is -2.19. The Balaban J connectivity index is 2.17. The Bertz CT molecular complexity index is 605. The molecule has 1 N–H and O–H groups in total. The van der Waals surface area contributed by atoms with Gasteiger partial charge in [-0.2, -0.15) is 0 Å². The average Bonchev–Trinajstić information content (AvgIpc) is 2.50. The second-order valence-electron chi connectivity index (χ2n) is 5.21. The Morgan fingerprint density at radius 1 is 1.14 bits per heavy atom. The smallest absolute Gasteiger partial charge is 0.227 e. The Hall–Kier alpha value is -2.29. The number of anilines is 1. The number of carbonyl (C=O) groups is 1. The molecule has 0 spiro atoms. The highest BCUT2D eigenvalue weighted by atomic mass is 16.5. The van der Waals surface area contributed by atoms with Crippen LogP contribution in [0, 0.1) is 12.8 Å². The van der Waals surface area contributed by atoms with Gasteiger partial charge in [-0.25, -0.2) is 0 Å². The summed E-state index contributed by atoms with van der Waals surface area (Å²) in [5.74, 6) is 1.40. The second-order valence-corrected chi connectivity index (χ2v) is 5.21. The van der Waals surface area contributed by atoms with Crippen LogP contribution in [0.15, 0.2) is 48.5 Å². The van der Waals surface area contributed by atoms with Crippen LogP contribution in [0.2, 0.25) is 0 Å². The summed E-state index contributed by atoms with van der Waals surface area (Å²) >= 11 is 0. The summed E-state index contributed by atoms with van der Waals surface area (Å²) < 4.78 is 5.86. The van der Waals surface area contributed by atoms with Crippen molar-refractivity contribution < 1.29 is 9.53 Å². The zero-order valence-corrected chi connectivity index (χ0v) is 12.7. The molecule has 0 aliphatic carbocycles. The second kappa shape index (κ2) is 6.93. The lowest BCUT2D eigenvalue weighted by atomic mass is 10.1. The van der Waals surface area contributed by atoms with Crippen molar-refractivity contribution >= 4 is 11.6 Å². The lowest BCUT2D eigenvalue weighted by Gasteiger charge is -2.14. The van der Waals surface area contributed by atoms with Gasteiger partial charge in [-0.15, -0.1) is 0 Å². The van der Waals surface area contributed by atoms with E-state index in [1.165, 1.54) is 5.56 Å². The zero-order chi connectivity index (χ0) is 15.2. The van der Waals surface area contributed by atoms with Crippen molar-refractivity contribution in [1.82, 2.24) is 0 Å². The van der Waals surface area contributed by atoms with E-state index < -0.39 is 0 Å². The van der Waals surface area contributed by atoms with Crippen LogP contribution in [0.1, 0.15) is 25.8 Å². The monoisotopic (exact) mass is 283 g/mol. The first-order chi connectivity index (χ1) is 10.1. The van der Waals surface area contributed by atoms with E-state index >= 15 is 0 Å². The van der Waals surface area contributed by atoms with Crippen LogP contribution < -0.4 is 10.1 Å². The zero-order valence-electron chi connectivity index (χ0n) is 12.7. The normalized spacial score (nSPS) is 11.8. The van der Waals surface area contributed by atoms with Gasteiger partial charge in [0.25, 0.3) is 0 Å². The van der Waals surface area contributed by atoms with Gasteiger partial charge < -0.3 is 10.1 Å². The number of hydrogen-bond donors (Lipinski definition) is 1. The molecule has 0 radical (unpaired) electrons. The molecule has 0 saturated carbocycles. The van der Waals surface area contributed by atoms with E-state index in [2.05, 4.69) is 5.32 Å². The molecule has 2 aromatic rings. The summed E-state index contributed by atoms with van der Waals surface area (Å²) in [5.41, 5.74) is 1.88. The Morgan fingerprint density at radius 2 is 1.81 bits per heavy atom. The minimum absolute atomic E-state index is 0.0115. The number of amides is 1. The van der Waals surface area contributed by atoms with Gasteiger partial charge >= 0.3 is 0 Å². The van der Waals surface area contributed by atoms with Gasteiger partial charge in [0, 0.05) is 5.92 Å². The summed E-state index contributed by atoms with van der Waals surface area (Å²) in [6.07, 6.45) is 0.812. The third-order valence-electron chi connectivity index (χ3n) is 3.45. The van der Waals surface area contributed by atoms with E-state index in [1.807, 2.05) is 69.3 Å². The number of nitrogens with one attached hydrogen (secondary N) is 1. The molecule has 3 heteroatoms. The predicted octanol–water partition coefficient (Wildman–Crippen LogP) is 4.77. The third kappa shape index (κ3) is 4.09. The number of ether oxygens (including phenoxy) is 1. The SMILES string of the molecule is CC[C@@H](C)C(=O)Nc1ccccc1Oc1ccc(C)cc1. The molecule has 0 aliphatic rings. The van der Waals surface area contributed by atoms with Crippen LogP contribution in [-0.4, -0.2) is 5.91 Å². The number of rotatable bonds is 5. The van der Waals surface area contributed by atoms with E-state index in [4.69, 9.17) is 4.74 Å². The highest BCUT2D eigenvalue weighted by Crippen LogP contribution is 2.29. The van der Waals surface area contributed by atoms with Crippen LogP contribution in [0.3, 0.4) is 0 Å². The summed E-state index contributed by atoms with van der Waals surface area (Å²) in [6.45, 7) is 5.95. The Labute approximate surface area is 126 Å². The first kappa shape index (κ1) is 15.1. The summed E-state index contributed by atoms with van der Waals surface area (Å²) in [6, 6.07) is 15.3. The van der Waals surface area contributed by atoms with Crippen molar-refractivity contribution in [2.45, 2.75) is 27.2 Å². The molecule has 1 amide bonds. The first-order valence-corrected chi connectivity index (χ1v) is 7.24. The highest BCUT2D eigenvalue weighted by molar-refractivity contribution is 5.93. The fourth-order valence-electron chi connectivity index (χ4n) is 1.83. The Kier molecular flexibility index (Phi) is 4.99. The maximum absolute atomic E-state index is 12.0. The molecule has 0 saturated heterocycles. The quantitative estimate of drug-likeness (QED) is 0.858. The molecule has 2 rings (SSSR count). The molecule has 3 nitrogen and oxygen atoms in total. The minimum Gasteiger partial charge on any atom is -0.455 e. The topological polar surface area (TPSA) is 38.3 Å². The molecular formula is C18H21NO2. The molecular weight excluding hydrogens is 262 g/mol.